The fourth-order valence-electron chi connectivity index (χ4n) is 3.85. The standard InChI is InChI=1S/C22H20ClFN2O3/c1-25(2)10-5-11-26-19(14-6-3-4-7-16(14)24)18-20(27)15-12-13(23)8-9-17(15)29-21(18)22(26)28/h3-4,6-9,12,19H,5,10-11H2,1-2H3/p+1. The lowest BCUT2D eigenvalue weighted by atomic mass is 9.98. The lowest BCUT2D eigenvalue weighted by molar-refractivity contribution is -0.858. The van der Waals surface area contributed by atoms with Gasteiger partial charge in [0.05, 0.1) is 37.6 Å². The first-order chi connectivity index (χ1) is 13.9. The summed E-state index contributed by atoms with van der Waals surface area (Å²) in [5, 5.41) is 0.673. The molecule has 0 saturated carbocycles. The molecule has 0 fully saturated rings. The molecule has 2 aromatic carbocycles. The lowest BCUT2D eigenvalue weighted by Crippen LogP contribution is -3.05. The molecule has 3 aromatic rings. The highest BCUT2D eigenvalue weighted by molar-refractivity contribution is 6.31. The molecule has 150 valence electrons. The van der Waals surface area contributed by atoms with Gasteiger partial charge in [-0.05, 0) is 24.3 Å². The molecule has 1 amide bonds. The Labute approximate surface area is 172 Å². The van der Waals surface area contributed by atoms with Crippen LogP contribution in [-0.2, 0) is 0 Å². The zero-order valence-corrected chi connectivity index (χ0v) is 16.9. The van der Waals surface area contributed by atoms with E-state index >= 15 is 0 Å². The number of quaternary nitrogens is 1. The number of amides is 1. The second-order valence-electron chi connectivity index (χ2n) is 7.55. The fraction of sp³-hybridized carbons (Fsp3) is 0.273. The van der Waals surface area contributed by atoms with E-state index in [0.717, 1.165) is 6.54 Å². The van der Waals surface area contributed by atoms with Crippen molar-refractivity contribution in [2.24, 2.45) is 0 Å². The van der Waals surface area contributed by atoms with Crippen molar-refractivity contribution >= 4 is 28.5 Å². The molecule has 0 bridgehead atoms. The summed E-state index contributed by atoms with van der Waals surface area (Å²) >= 11 is 6.06. The van der Waals surface area contributed by atoms with Crippen molar-refractivity contribution in [3.8, 4) is 0 Å². The number of halogens is 2. The topological polar surface area (TPSA) is 55.0 Å². The van der Waals surface area contributed by atoms with Crippen molar-refractivity contribution < 1.29 is 18.5 Å². The first-order valence-electron chi connectivity index (χ1n) is 9.49. The van der Waals surface area contributed by atoms with Gasteiger partial charge in [0.2, 0.25) is 5.76 Å². The molecule has 1 aromatic heterocycles. The highest BCUT2D eigenvalue weighted by atomic mass is 35.5. The zero-order chi connectivity index (χ0) is 20.7. The highest BCUT2D eigenvalue weighted by Crippen LogP contribution is 2.39. The van der Waals surface area contributed by atoms with E-state index in [1.165, 1.54) is 21.9 Å². The van der Waals surface area contributed by atoms with Crippen LogP contribution in [-0.4, -0.2) is 38.0 Å². The third kappa shape index (κ3) is 3.43. The average Bonchev–Trinajstić information content (AvgIpc) is 2.95. The molecular weight excluding hydrogens is 395 g/mol. The van der Waals surface area contributed by atoms with Gasteiger partial charge in [0.15, 0.2) is 5.43 Å². The van der Waals surface area contributed by atoms with Crippen LogP contribution in [0.25, 0.3) is 11.0 Å². The number of carbonyl (C=O) groups excluding carboxylic acids is 1. The molecule has 0 radical (unpaired) electrons. The van der Waals surface area contributed by atoms with E-state index < -0.39 is 17.8 Å². The Kier molecular flexibility index (Phi) is 5.15. The summed E-state index contributed by atoms with van der Waals surface area (Å²) in [6.07, 6.45) is 0.715. The first kappa shape index (κ1) is 19.6. The smallest absolute Gasteiger partial charge is 0.290 e. The minimum atomic E-state index is -0.824. The molecule has 2 heterocycles. The van der Waals surface area contributed by atoms with Crippen molar-refractivity contribution in [3.05, 3.63) is 80.4 Å². The maximum atomic E-state index is 14.7. The molecule has 29 heavy (non-hydrogen) atoms. The zero-order valence-electron chi connectivity index (χ0n) is 16.2. The van der Waals surface area contributed by atoms with Gasteiger partial charge in [0, 0.05) is 23.6 Å². The van der Waals surface area contributed by atoms with Gasteiger partial charge >= 0.3 is 0 Å². The maximum absolute atomic E-state index is 14.7. The largest absolute Gasteiger partial charge is 0.450 e. The third-order valence-corrected chi connectivity index (χ3v) is 5.44. The van der Waals surface area contributed by atoms with E-state index in [2.05, 4.69) is 0 Å². The normalized spacial score (nSPS) is 16.1. The molecule has 5 nitrogen and oxygen atoms in total. The van der Waals surface area contributed by atoms with Crippen LogP contribution in [0.4, 0.5) is 4.39 Å². The van der Waals surface area contributed by atoms with E-state index in [1.54, 1.807) is 30.3 Å². The SMILES string of the molecule is C[NH+](C)CCCN1C(=O)c2oc3ccc(Cl)cc3c(=O)c2C1c1ccccc1F. The lowest BCUT2D eigenvalue weighted by Gasteiger charge is -2.25. The van der Waals surface area contributed by atoms with Crippen LogP contribution in [0.1, 0.15) is 34.1 Å². The van der Waals surface area contributed by atoms with Gasteiger partial charge in [0.25, 0.3) is 5.91 Å². The number of fused-ring (bicyclic) bond motifs is 2. The van der Waals surface area contributed by atoms with Crippen LogP contribution in [0, 0.1) is 5.82 Å². The van der Waals surface area contributed by atoms with E-state index in [0.29, 0.717) is 23.6 Å². The van der Waals surface area contributed by atoms with Crippen LogP contribution < -0.4 is 10.3 Å². The Hall–Kier alpha value is -2.70. The number of hydrogen-bond acceptors (Lipinski definition) is 3. The number of nitrogens with one attached hydrogen (secondary N) is 1. The summed E-state index contributed by atoms with van der Waals surface area (Å²) in [4.78, 5) is 29.3. The van der Waals surface area contributed by atoms with Crippen molar-refractivity contribution in [1.82, 2.24) is 4.90 Å². The van der Waals surface area contributed by atoms with Gasteiger partial charge in [0.1, 0.15) is 11.4 Å². The molecule has 0 spiro atoms. The Morgan fingerprint density at radius 1 is 1.17 bits per heavy atom. The Morgan fingerprint density at radius 2 is 1.93 bits per heavy atom. The van der Waals surface area contributed by atoms with Gasteiger partial charge in [-0.1, -0.05) is 29.8 Å². The Balaban J connectivity index is 1.91. The summed E-state index contributed by atoms with van der Waals surface area (Å²) in [5.41, 5.74) is 0.391. The van der Waals surface area contributed by atoms with Crippen LogP contribution in [0.5, 0.6) is 0 Å². The number of carbonyl (C=O) groups is 1. The number of hydrogen-bond donors (Lipinski definition) is 1. The first-order valence-corrected chi connectivity index (χ1v) is 9.87. The molecule has 7 heteroatoms. The fourth-order valence-corrected chi connectivity index (χ4v) is 4.02. The highest BCUT2D eigenvalue weighted by Gasteiger charge is 2.43. The third-order valence-electron chi connectivity index (χ3n) is 5.20. The van der Waals surface area contributed by atoms with E-state index in [4.69, 9.17) is 16.0 Å². The van der Waals surface area contributed by atoms with Crippen molar-refractivity contribution in [3.63, 3.8) is 0 Å². The molecule has 1 aliphatic heterocycles. The summed E-state index contributed by atoms with van der Waals surface area (Å²) < 4.78 is 20.5. The van der Waals surface area contributed by atoms with Gasteiger partial charge in [-0.3, -0.25) is 9.59 Å². The molecule has 0 aliphatic carbocycles. The molecule has 0 saturated heterocycles. The van der Waals surface area contributed by atoms with Crippen LogP contribution in [0.2, 0.25) is 5.02 Å². The van der Waals surface area contributed by atoms with E-state index in [1.807, 2.05) is 14.1 Å². The van der Waals surface area contributed by atoms with Crippen molar-refractivity contribution in [1.29, 1.82) is 0 Å². The van der Waals surface area contributed by atoms with Gasteiger partial charge in [-0.2, -0.15) is 0 Å². The minimum absolute atomic E-state index is 0.0183. The number of benzene rings is 2. The monoisotopic (exact) mass is 415 g/mol. The van der Waals surface area contributed by atoms with E-state index in [9.17, 15) is 14.0 Å². The van der Waals surface area contributed by atoms with Crippen LogP contribution >= 0.6 is 11.6 Å². The van der Waals surface area contributed by atoms with Gasteiger partial charge < -0.3 is 14.2 Å². The number of nitrogens with zero attached hydrogens (tertiary/aromatic N) is 1. The van der Waals surface area contributed by atoms with Crippen molar-refractivity contribution in [2.75, 3.05) is 27.2 Å². The molecular formula is C22H21ClFN2O3+. The summed E-state index contributed by atoms with van der Waals surface area (Å²) in [5.74, 6) is -0.877. The van der Waals surface area contributed by atoms with Crippen LogP contribution in [0.3, 0.4) is 0 Å². The quantitative estimate of drug-likeness (QED) is 0.697. The summed E-state index contributed by atoms with van der Waals surface area (Å²) in [6.45, 7) is 1.23. The summed E-state index contributed by atoms with van der Waals surface area (Å²) in [6, 6.07) is 10.1. The molecule has 1 unspecified atom stereocenters. The predicted octanol–water partition coefficient (Wildman–Crippen LogP) is 2.67. The Bertz CT molecular complexity index is 1160. The number of rotatable bonds is 5. The van der Waals surface area contributed by atoms with Gasteiger partial charge in [-0.15, -0.1) is 0 Å². The van der Waals surface area contributed by atoms with Gasteiger partial charge in [-0.25, -0.2) is 4.39 Å². The van der Waals surface area contributed by atoms with E-state index in [-0.39, 0.29) is 27.7 Å². The summed E-state index contributed by atoms with van der Waals surface area (Å²) in [7, 11) is 4.05. The maximum Gasteiger partial charge on any atom is 0.290 e. The Morgan fingerprint density at radius 3 is 2.66 bits per heavy atom. The van der Waals surface area contributed by atoms with Crippen molar-refractivity contribution in [2.45, 2.75) is 12.5 Å². The predicted molar refractivity (Wildman–Crippen MR) is 109 cm³/mol. The molecule has 1 atom stereocenters. The molecule has 1 N–H and O–H groups in total. The second kappa shape index (κ2) is 7.61. The average molecular weight is 416 g/mol. The minimum Gasteiger partial charge on any atom is -0.450 e. The second-order valence-corrected chi connectivity index (χ2v) is 7.98. The molecule has 1 aliphatic rings. The molecule has 4 rings (SSSR count). The van der Waals surface area contributed by atoms with Crippen LogP contribution in [0.15, 0.2) is 51.7 Å².